The molecule has 6 heteroatoms. The number of nitrogens with zero attached hydrogens (tertiary/aromatic N) is 1. The van der Waals surface area contributed by atoms with Crippen molar-refractivity contribution in [3.63, 3.8) is 0 Å². The predicted octanol–water partition coefficient (Wildman–Crippen LogP) is 4.26. The van der Waals surface area contributed by atoms with Crippen molar-refractivity contribution in [2.75, 3.05) is 13.1 Å². The summed E-state index contributed by atoms with van der Waals surface area (Å²) in [5.41, 5.74) is 4.95. The number of phenols is 2. The van der Waals surface area contributed by atoms with Gasteiger partial charge in [0, 0.05) is 18.1 Å². The number of benzene rings is 2. The van der Waals surface area contributed by atoms with E-state index in [1.165, 1.54) is 34.4 Å². The number of amides is 1. The van der Waals surface area contributed by atoms with E-state index >= 15 is 0 Å². The normalized spacial score (nSPS) is 16.0. The molecular formula is C19H15Cl2NO3. The first-order valence-corrected chi connectivity index (χ1v) is 8.70. The van der Waals surface area contributed by atoms with Crippen LogP contribution in [0.3, 0.4) is 0 Å². The number of aromatic hydroxyl groups is 2. The summed E-state index contributed by atoms with van der Waals surface area (Å²) >= 11 is 11.9. The lowest BCUT2D eigenvalue weighted by atomic mass is 9.98. The molecule has 2 aromatic carbocycles. The first-order chi connectivity index (χ1) is 12.0. The van der Waals surface area contributed by atoms with Crippen LogP contribution in [0, 0.1) is 0 Å². The van der Waals surface area contributed by atoms with Crippen LogP contribution in [0.5, 0.6) is 11.5 Å². The van der Waals surface area contributed by atoms with Crippen LogP contribution >= 0.6 is 23.2 Å². The van der Waals surface area contributed by atoms with Gasteiger partial charge in [-0.05, 0) is 59.4 Å². The van der Waals surface area contributed by atoms with E-state index in [0.717, 1.165) is 12.8 Å². The lowest BCUT2D eigenvalue weighted by Gasteiger charge is -2.29. The molecule has 25 heavy (non-hydrogen) atoms. The van der Waals surface area contributed by atoms with Gasteiger partial charge in [0.05, 0.1) is 10.6 Å². The standard InChI is InChI=1S/C19H15Cl2NO3/c20-12-2-1-10-7-11-9-22(6-5-13(11)15(10)8-12)19(25)14-3-4-16(21)18(24)17(14)23/h1-4,8,23-24H,5-7,9H2. The zero-order chi connectivity index (χ0) is 17.7. The molecule has 0 unspecified atom stereocenters. The van der Waals surface area contributed by atoms with Gasteiger partial charge in [-0.3, -0.25) is 4.79 Å². The highest BCUT2D eigenvalue weighted by molar-refractivity contribution is 6.32. The minimum Gasteiger partial charge on any atom is -0.504 e. The monoisotopic (exact) mass is 375 g/mol. The third kappa shape index (κ3) is 2.66. The second-order valence-electron chi connectivity index (χ2n) is 6.33. The van der Waals surface area contributed by atoms with E-state index < -0.39 is 11.5 Å². The van der Waals surface area contributed by atoms with Crippen molar-refractivity contribution in [1.82, 2.24) is 4.90 Å². The van der Waals surface area contributed by atoms with Crippen LogP contribution in [0.4, 0.5) is 0 Å². The molecule has 128 valence electrons. The maximum absolute atomic E-state index is 12.8. The van der Waals surface area contributed by atoms with E-state index in [9.17, 15) is 15.0 Å². The van der Waals surface area contributed by atoms with Crippen LogP contribution in [-0.2, 0) is 6.42 Å². The summed E-state index contributed by atoms with van der Waals surface area (Å²) in [5.74, 6) is -1.25. The molecule has 1 amide bonds. The molecule has 0 saturated heterocycles. The highest BCUT2D eigenvalue weighted by atomic mass is 35.5. The summed E-state index contributed by atoms with van der Waals surface area (Å²) in [6.45, 7) is 1.05. The van der Waals surface area contributed by atoms with Crippen molar-refractivity contribution >= 4 is 34.7 Å². The second kappa shape index (κ2) is 5.97. The Balaban J connectivity index is 1.61. The van der Waals surface area contributed by atoms with E-state index in [1.54, 1.807) is 4.90 Å². The fourth-order valence-corrected chi connectivity index (χ4v) is 3.93. The number of fused-ring (bicyclic) bond motifs is 2. The van der Waals surface area contributed by atoms with Crippen molar-refractivity contribution in [1.29, 1.82) is 0 Å². The van der Waals surface area contributed by atoms with E-state index in [1.807, 2.05) is 18.2 Å². The van der Waals surface area contributed by atoms with Gasteiger partial charge in [-0.2, -0.15) is 0 Å². The molecule has 4 nitrogen and oxygen atoms in total. The zero-order valence-corrected chi connectivity index (χ0v) is 14.7. The first kappa shape index (κ1) is 16.3. The van der Waals surface area contributed by atoms with Crippen molar-refractivity contribution in [2.45, 2.75) is 12.8 Å². The Morgan fingerprint density at radius 3 is 2.68 bits per heavy atom. The van der Waals surface area contributed by atoms with Crippen molar-refractivity contribution in [3.05, 3.63) is 62.6 Å². The molecule has 0 saturated carbocycles. The van der Waals surface area contributed by atoms with E-state index in [0.29, 0.717) is 18.1 Å². The summed E-state index contributed by atoms with van der Waals surface area (Å²) < 4.78 is 0. The molecule has 2 aromatic rings. The quantitative estimate of drug-likeness (QED) is 0.732. The third-order valence-electron chi connectivity index (χ3n) is 4.86. The Hall–Kier alpha value is -2.17. The highest BCUT2D eigenvalue weighted by Gasteiger charge is 2.30. The molecule has 0 spiro atoms. The summed E-state index contributed by atoms with van der Waals surface area (Å²) in [6.07, 6.45) is 1.55. The molecule has 0 fully saturated rings. The predicted molar refractivity (Wildman–Crippen MR) is 97.4 cm³/mol. The molecule has 2 N–H and O–H groups in total. The molecule has 4 rings (SSSR count). The van der Waals surface area contributed by atoms with Crippen LogP contribution in [0.15, 0.2) is 35.9 Å². The average molecular weight is 376 g/mol. The second-order valence-corrected chi connectivity index (χ2v) is 7.17. The maximum Gasteiger partial charge on any atom is 0.258 e. The Kier molecular flexibility index (Phi) is 3.89. The lowest BCUT2D eigenvalue weighted by Crippen LogP contribution is -2.36. The first-order valence-electron chi connectivity index (χ1n) is 7.95. The number of halogens is 2. The Labute approximate surface area is 154 Å². The lowest BCUT2D eigenvalue weighted by molar-refractivity contribution is 0.0764. The van der Waals surface area contributed by atoms with Crippen LogP contribution in [0.1, 0.15) is 27.9 Å². The van der Waals surface area contributed by atoms with Crippen LogP contribution in [0.2, 0.25) is 10.0 Å². The topological polar surface area (TPSA) is 60.8 Å². The Morgan fingerprint density at radius 2 is 1.88 bits per heavy atom. The molecule has 0 aromatic heterocycles. The van der Waals surface area contributed by atoms with Crippen LogP contribution < -0.4 is 0 Å². The molecular weight excluding hydrogens is 361 g/mol. The van der Waals surface area contributed by atoms with Crippen molar-refractivity contribution in [3.8, 4) is 11.5 Å². The SMILES string of the molecule is O=C(c1ccc(Cl)c(O)c1O)N1CCC2=C(Cc3ccc(Cl)cc32)C1. The van der Waals surface area contributed by atoms with Gasteiger partial charge in [-0.1, -0.05) is 29.3 Å². The number of carbonyl (C=O) groups excluding carboxylic acids is 1. The fraction of sp³-hybridized carbons (Fsp3) is 0.211. The minimum atomic E-state index is -0.473. The number of carbonyl (C=O) groups is 1. The summed E-state index contributed by atoms with van der Waals surface area (Å²) in [7, 11) is 0. The fourth-order valence-electron chi connectivity index (χ4n) is 3.60. The molecule has 0 atom stereocenters. The van der Waals surface area contributed by atoms with Gasteiger partial charge >= 0.3 is 0 Å². The Bertz CT molecular complexity index is 937. The van der Waals surface area contributed by atoms with Crippen molar-refractivity contribution < 1.29 is 15.0 Å². The van der Waals surface area contributed by atoms with Gasteiger partial charge in [-0.25, -0.2) is 0 Å². The van der Waals surface area contributed by atoms with Gasteiger partial charge in [-0.15, -0.1) is 0 Å². The molecule has 1 aliphatic carbocycles. The highest BCUT2D eigenvalue weighted by Crippen LogP contribution is 2.41. The van der Waals surface area contributed by atoms with Gasteiger partial charge < -0.3 is 15.1 Å². The van der Waals surface area contributed by atoms with Gasteiger partial charge in [0.1, 0.15) is 0 Å². The average Bonchev–Trinajstić information content (AvgIpc) is 2.96. The third-order valence-corrected chi connectivity index (χ3v) is 5.40. The van der Waals surface area contributed by atoms with Gasteiger partial charge in [0.15, 0.2) is 11.5 Å². The maximum atomic E-state index is 12.8. The van der Waals surface area contributed by atoms with E-state index in [4.69, 9.17) is 23.2 Å². The molecule has 0 bridgehead atoms. The number of rotatable bonds is 1. The number of phenolic OH excluding ortho intramolecular Hbond substituents is 2. The van der Waals surface area contributed by atoms with Gasteiger partial charge in [0.25, 0.3) is 5.91 Å². The summed E-state index contributed by atoms with van der Waals surface area (Å²) in [6, 6.07) is 8.75. The minimum absolute atomic E-state index is 0.0146. The number of hydrogen-bond acceptors (Lipinski definition) is 3. The van der Waals surface area contributed by atoms with E-state index in [-0.39, 0.29) is 16.5 Å². The number of hydrogen-bond donors (Lipinski definition) is 2. The van der Waals surface area contributed by atoms with E-state index in [2.05, 4.69) is 0 Å². The smallest absolute Gasteiger partial charge is 0.258 e. The largest absolute Gasteiger partial charge is 0.504 e. The van der Waals surface area contributed by atoms with Crippen molar-refractivity contribution in [2.24, 2.45) is 0 Å². The zero-order valence-electron chi connectivity index (χ0n) is 13.2. The molecule has 1 aliphatic heterocycles. The van der Waals surface area contributed by atoms with Gasteiger partial charge in [0.2, 0.25) is 0 Å². The molecule has 1 heterocycles. The summed E-state index contributed by atoms with van der Waals surface area (Å²) in [4.78, 5) is 14.5. The molecule has 0 radical (unpaired) electrons. The molecule has 2 aliphatic rings. The van der Waals surface area contributed by atoms with Crippen LogP contribution in [-0.4, -0.2) is 34.1 Å². The van der Waals surface area contributed by atoms with Crippen LogP contribution in [0.25, 0.3) is 5.57 Å². The summed E-state index contributed by atoms with van der Waals surface area (Å²) in [5, 5.41) is 20.5. The Morgan fingerprint density at radius 1 is 1.08 bits per heavy atom.